The molecule has 18 heavy (non-hydrogen) atoms. The van der Waals surface area contributed by atoms with Crippen molar-refractivity contribution < 1.29 is 0 Å². The van der Waals surface area contributed by atoms with Crippen LogP contribution in [0.3, 0.4) is 0 Å². The third kappa shape index (κ3) is 2.76. The summed E-state index contributed by atoms with van der Waals surface area (Å²) in [6, 6.07) is 6.54. The number of nitrogens with zero attached hydrogens (tertiary/aromatic N) is 4. The Morgan fingerprint density at radius 1 is 1.22 bits per heavy atom. The lowest BCUT2D eigenvalue weighted by Gasteiger charge is -2.12. The predicted molar refractivity (Wildman–Crippen MR) is 73.2 cm³/mol. The summed E-state index contributed by atoms with van der Waals surface area (Å²) in [7, 11) is 4.11. The first kappa shape index (κ1) is 12.8. The smallest absolute Gasteiger partial charge is 0.0883 e. The fourth-order valence-corrected chi connectivity index (χ4v) is 1.96. The van der Waals surface area contributed by atoms with Gasteiger partial charge in [-0.25, -0.2) is 0 Å². The van der Waals surface area contributed by atoms with E-state index in [2.05, 4.69) is 55.1 Å². The van der Waals surface area contributed by atoms with Crippen molar-refractivity contribution in [1.82, 2.24) is 19.7 Å². The molecule has 0 aliphatic heterocycles. The van der Waals surface area contributed by atoms with Gasteiger partial charge in [-0.3, -0.25) is 9.67 Å². The summed E-state index contributed by atoms with van der Waals surface area (Å²) in [5, 5.41) is 4.33. The molecule has 0 saturated carbocycles. The quantitative estimate of drug-likeness (QED) is 0.829. The third-order valence-corrected chi connectivity index (χ3v) is 2.75. The van der Waals surface area contributed by atoms with Crippen LogP contribution in [0.15, 0.2) is 30.6 Å². The Balaban J connectivity index is 2.26. The van der Waals surface area contributed by atoms with E-state index in [0.717, 1.165) is 17.9 Å². The van der Waals surface area contributed by atoms with Crippen LogP contribution in [0, 0.1) is 0 Å². The van der Waals surface area contributed by atoms with Gasteiger partial charge in [0, 0.05) is 25.0 Å². The lowest BCUT2D eigenvalue weighted by atomic mass is 10.2. The molecule has 2 aromatic heterocycles. The number of aromatic nitrogens is 3. The second-order valence-corrected chi connectivity index (χ2v) is 5.04. The maximum Gasteiger partial charge on any atom is 0.0883 e. The van der Waals surface area contributed by atoms with Crippen LogP contribution in [-0.2, 0) is 6.54 Å². The molecule has 0 bridgehead atoms. The highest BCUT2D eigenvalue weighted by Crippen LogP contribution is 2.20. The summed E-state index contributed by atoms with van der Waals surface area (Å²) in [4.78, 5) is 6.66. The van der Waals surface area contributed by atoms with Gasteiger partial charge < -0.3 is 4.90 Å². The van der Waals surface area contributed by atoms with Gasteiger partial charge in [0.1, 0.15) is 0 Å². The van der Waals surface area contributed by atoms with Gasteiger partial charge in [0.2, 0.25) is 0 Å². The molecule has 2 aromatic rings. The lowest BCUT2D eigenvalue weighted by Crippen LogP contribution is -2.11. The van der Waals surface area contributed by atoms with Crippen LogP contribution in [0.5, 0.6) is 0 Å². The molecule has 0 aliphatic carbocycles. The molecule has 0 fully saturated rings. The summed E-state index contributed by atoms with van der Waals surface area (Å²) >= 11 is 0. The van der Waals surface area contributed by atoms with E-state index in [1.807, 2.05) is 23.1 Å². The zero-order chi connectivity index (χ0) is 13.1. The topological polar surface area (TPSA) is 34.0 Å². The Bertz CT molecular complexity index is 497. The van der Waals surface area contributed by atoms with Crippen LogP contribution in [0.25, 0.3) is 11.4 Å². The average Bonchev–Trinajstić information content (AvgIpc) is 2.78. The summed E-state index contributed by atoms with van der Waals surface area (Å²) in [6.45, 7) is 5.16. The van der Waals surface area contributed by atoms with Gasteiger partial charge >= 0.3 is 0 Å². The maximum absolute atomic E-state index is 4.53. The summed E-state index contributed by atoms with van der Waals surface area (Å²) in [5.74, 6) is 0. The highest BCUT2D eigenvalue weighted by Gasteiger charge is 2.09. The summed E-state index contributed by atoms with van der Waals surface area (Å²) in [5.41, 5.74) is 3.27. The minimum atomic E-state index is 0.346. The molecule has 0 spiro atoms. The Labute approximate surface area is 108 Å². The van der Waals surface area contributed by atoms with Crippen molar-refractivity contribution >= 4 is 0 Å². The molecule has 0 aliphatic rings. The normalized spacial score (nSPS) is 11.4. The fourth-order valence-electron chi connectivity index (χ4n) is 1.96. The summed E-state index contributed by atoms with van der Waals surface area (Å²) in [6.07, 6.45) is 3.76. The van der Waals surface area contributed by atoms with Gasteiger partial charge in [-0.2, -0.15) is 5.10 Å². The van der Waals surface area contributed by atoms with Crippen molar-refractivity contribution in [2.75, 3.05) is 14.1 Å². The van der Waals surface area contributed by atoms with E-state index in [0.29, 0.717) is 6.04 Å². The number of hydrogen-bond donors (Lipinski definition) is 0. The Hall–Kier alpha value is -1.68. The first-order valence-corrected chi connectivity index (χ1v) is 6.21. The van der Waals surface area contributed by atoms with E-state index in [1.54, 1.807) is 0 Å². The molecule has 2 heterocycles. The highest BCUT2D eigenvalue weighted by atomic mass is 15.3. The molecule has 0 saturated heterocycles. The SMILES string of the molecule is CC(C)n1nccc1-c1ccc(CN(C)C)cn1. The van der Waals surface area contributed by atoms with E-state index in [4.69, 9.17) is 0 Å². The van der Waals surface area contributed by atoms with Crippen molar-refractivity contribution in [3.8, 4) is 11.4 Å². The predicted octanol–water partition coefficient (Wildman–Crippen LogP) is 2.59. The van der Waals surface area contributed by atoms with Crippen LogP contribution in [0.1, 0.15) is 25.5 Å². The number of hydrogen-bond acceptors (Lipinski definition) is 3. The second kappa shape index (κ2) is 5.31. The van der Waals surface area contributed by atoms with Crippen LogP contribution in [0.4, 0.5) is 0 Å². The number of rotatable bonds is 4. The fraction of sp³-hybridized carbons (Fsp3) is 0.429. The van der Waals surface area contributed by atoms with Gasteiger partial charge in [0.25, 0.3) is 0 Å². The minimum absolute atomic E-state index is 0.346. The van der Waals surface area contributed by atoms with Crippen LogP contribution < -0.4 is 0 Å². The van der Waals surface area contributed by atoms with Crippen molar-refractivity contribution in [2.45, 2.75) is 26.4 Å². The first-order chi connectivity index (χ1) is 8.58. The van der Waals surface area contributed by atoms with Crippen molar-refractivity contribution in [1.29, 1.82) is 0 Å². The molecule has 0 atom stereocenters. The molecular weight excluding hydrogens is 224 g/mol. The molecule has 0 radical (unpaired) electrons. The zero-order valence-electron chi connectivity index (χ0n) is 11.5. The van der Waals surface area contributed by atoms with Gasteiger partial charge in [-0.1, -0.05) is 6.07 Å². The van der Waals surface area contributed by atoms with Crippen molar-refractivity contribution in [2.24, 2.45) is 0 Å². The Kier molecular flexibility index (Phi) is 3.77. The Morgan fingerprint density at radius 3 is 2.56 bits per heavy atom. The van der Waals surface area contributed by atoms with E-state index in [9.17, 15) is 0 Å². The second-order valence-electron chi connectivity index (χ2n) is 5.04. The first-order valence-electron chi connectivity index (χ1n) is 6.21. The van der Waals surface area contributed by atoms with E-state index in [1.165, 1.54) is 5.56 Å². The molecule has 0 amide bonds. The molecule has 0 aromatic carbocycles. The van der Waals surface area contributed by atoms with Crippen LogP contribution in [-0.4, -0.2) is 33.8 Å². The molecular formula is C14H20N4. The maximum atomic E-state index is 4.53. The van der Waals surface area contributed by atoms with Crippen LogP contribution in [0.2, 0.25) is 0 Å². The van der Waals surface area contributed by atoms with Crippen molar-refractivity contribution in [3.05, 3.63) is 36.2 Å². The summed E-state index contributed by atoms with van der Waals surface area (Å²) < 4.78 is 1.99. The van der Waals surface area contributed by atoms with Gasteiger partial charge in [0.15, 0.2) is 0 Å². The molecule has 0 unspecified atom stereocenters. The van der Waals surface area contributed by atoms with Gasteiger partial charge in [-0.15, -0.1) is 0 Å². The van der Waals surface area contributed by atoms with E-state index < -0.39 is 0 Å². The van der Waals surface area contributed by atoms with Gasteiger partial charge in [-0.05, 0) is 45.6 Å². The molecule has 0 N–H and O–H groups in total. The van der Waals surface area contributed by atoms with Crippen molar-refractivity contribution in [3.63, 3.8) is 0 Å². The van der Waals surface area contributed by atoms with Crippen LogP contribution >= 0.6 is 0 Å². The third-order valence-electron chi connectivity index (χ3n) is 2.75. The average molecular weight is 244 g/mol. The van der Waals surface area contributed by atoms with E-state index >= 15 is 0 Å². The minimum Gasteiger partial charge on any atom is -0.305 e. The van der Waals surface area contributed by atoms with E-state index in [-0.39, 0.29) is 0 Å². The Morgan fingerprint density at radius 2 is 2.00 bits per heavy atom. The molecule has 96 valence electrons. The monoisotopic (exact) mass is 244 g/mol. The lowest BCUT2D eigenvalue weighted by molar-refractivity contribution is 0.402. The zero-order valence-corrected chi connectivity index (χ0v) is 11.5. The highest BCUT2D eigenvalue weighted by molar-refractivity contribution is 5.54. The molecule has 4 heteroatoms. The van der Waals surface area contributed by atoms with Gasteiger partial charge in [0.05, 0.1) is 11.4 Å². The molecule has 4 nitrogen and oxygen atoms in total. The number of pyridine rings is 1. The largest absolute Gasteiger partial charge is 0.305 e. The standard InChI is InChI=1S/C14H20N4/c1-11(2)18-14(7-8-16-18)13-6-5-12(9-15-13)10-17(3)4/h5-9,11H,10H2,1-4H3. The molecule has 2 rings (SSSR count).